The minimum Gasteiger partial charge on any atom is -0.445 e. The van der Waals surface area contributed by atoms with E-state index < -0.39 is 0 Å². The monoisotopic (exact) mass is 193 g/mol. The molecule has 1 atom stereocenters. The first kappa shape index (κ1) is 9.19. The number of halogens is 1. The molecule has 0 aromatic carbocycles. The van der Waals surface area contributed by atoms with E-state index in [2.05, 4.69) is 4.98 Å². The number of hydrogen-bond acceptors (Lipinski definition) is 2. The Bertz CT molecular complexity index is 384. The van der Waals surface area contributed by atoms with Gasteiger partial charge in [-0.15, -0.1) is 0 Å². The number of oxazole rings is 1. The molecule has 0 saturated heterocycles. The van der Waals surface area contributed by atoms with Gasteiger partial charge in [0.25, 0.3) is 0 Å². The van der Waals surface area contributed by atoms with E-state index in [0.29, 0.717) is 12.3 Å². The fraction of sp³-hybridized carbons (Fsp3) is 0.364. The summed E-state index contributed by atoms with van der Waals surface area (Å²) >= 11 is 0. The van der Waals surface area contributed by atoms with Gasteiger partial charge in [0.2, 0.25) is 5.89 Å². The summed E-state index contributed by atoms with van der Waals surface area (Å²) in [5.74, 6) is 1.42. The van der Waals surface area contributed by atoms with Gasteiger partial charge in [-0.2, -0.15) is 0 Å². The van der Waals surface area contributed by atoms with Crippen LogP contribution in [0.2, 0.25) is 0 Å². The quantitative estimate of drug-likeness (QED) is 0.684. The van der Waals surface area contributed by atoms with Crippen molar-refractivity contribution in [1.29, 1.82) is 0 Å². The number of aromatic nitrogens is 1. The number of rotatable bonds is 1. The molecule has 74 valence electrons. The molecule has 0 amide bonds. The summed E-state index contributed by atoms with van der Waals surface area (Å²) in [5.41, 5.74) is 0.906. The first-order valence-corrected chi connectivity index (χ1v) is 4.64. The van der Waals surface area contributed by atoms with Crippen molar-refractivity contribution in [3.05, 3.63) is 41.4 Å². The van der Waals surface area contributed by atoms with Crippen LogP contribution >= 0.6 is 0 Å². The summed E-state index contributed by atoms with van der Waals surface area (Å²) in [4.78, 5) is 4.29. The molecule has 2 nitrogen and oxygen atoms in total. The first-order valence-electron chi connectivity index (χ1n) is 4.64. The lowest BCUT2D eigenvalue weighted by molar-refractivity contribution is 0.450. The molecule has 14 heavy (non-hydrogen) atoms. The summed E-state index contributed by atoms with van der Waals surface area (Å²) in [5, 5.41) is 0. The van der Waals surface area contributed by atoms with Crippen molar-refractivity contribution in [3.8, 4) is 0 Å². The Kier molecular flexibility index (Phi) is 2.23. The summed E-state index contributed by atoms with van der Waals surface area (Å²) in [6.45, 7) is 3.79. The molecule has 1 aliphatic carbocycles. The summed E-state index contributed by atoms with van der Waals surface area (Å²) in [7, 11) is 0. The first-order chi connectivity index (χ1) is 6.66. The predicted octanol–water partition coefficient (Wildman–Crippen LogP) is 3.19. The van der Waals surface area contributed by atoms with Gasteiger partial charge < -0.3 is 4.42 Å². The van der Waals surface area contributed by atoms with E-state index >= 15 is 0 Å². The zero-order valence-corrected chi connectivity index (χ0v) is 8.25. The largest absolute Gasteiger partial charge is 0.445 e. The maximum absolute atomic E-state index is 12.7. The minimum atomic E-state index is -0.179. The van der Waals surface area contributed by atoms with Gasteiger partial charge in [-0.25, -0.2) is 9.37 Å². The topological polar surface area (TPSA) is 26.0 Å². The molecule has 0 N–H and O–H groups in total. The van der Waals surface area contributed by atoms with Gasteiger partial charge in [0, 0.05) is 0 Å². The number of allylic oxidation sites excluding steroid dienone is 4. The van der Waals surface area contributed by atoms with Crippen LogP contribution in [0.15, 0.2) is 28.5 Å². The molecular weight excluding hydrogens is 181 g/mol. The summed E-state index contributed by atoms with van der Waals surface area (Å²) < 4.78 is 18.2. The molecule has 0 aliphatic heterocycles. The van der Waals surface area contributed by atoms with Crippen LogP contribution in [0.1, 0.15) is 29.7 Å². The van der Waals surface area contributed by atoms with E-state index in [0.717, 1.165) is 11.5 Å². The standard InChI is InChI=1S/C11H12FNO/c1-7-8(2)14-11(13-7)9-3-5-10(12)6-4-9/h3,5-6,9H,4H2,1-2H3. The van der Waals surface area contributed by atoms with E-state index in [-0.39, 0.29) is 11.7 Å². The van der Waals surface area contributed by atoms with Gasteiger partial charge in [-0.05, 0) is 32.4 Å². The molecule has 0 spiro atoms. The lowest BCUT2D eigenvalue weighted by Crippen LogP contribution is -1.97. The number of hydrogen-bond donors (Lipinski definition) is 0. The Balaban J connectivity index is 2.22. The van der Waals surface area contributed by atoms with Gasteiger partial charge in [-0.3, -0.25) is 0 Å². The van der Waals surface area contributed by atoms with Gasteiger partial charge in [0.15, 0.2) is 0 Å². The highest BCUT2D eigenvalue weighted by Gasteiger charge is 2.17. The van der Waals surface area contributed by atoms with E-state index in [4.69, 9.17) is 4.42 Å². The zero-order valence-electron chi connectivity index (χ0n) is 8.25. The molecule has 1 unspecified atom stereocenters. The Hall–Kier alpha value is -1.38. The maximum Gasteiger partial charge on any atom is 0.201 e. The van der Waals surface area contributed by atoms with Crippen molar-refractivity contribution in [1.82, 2.24) is 4.98 Å². The third kappa shape index (κ3) is 1.62. The molecule has 1 heterocycles. The van der Waals surface area contributed by atoms with Crippen LogP contribution in [0.4, 0.5) is 4.39 Å². The SMILES string of the molecule is Cc1nc(C2C=CC(F)=CC2)oc1C. The third-order valence-corrected chi connectivity index (χ3v) is 2.42. The highest BCUT2D eigenvalue weighted by Crippen LogP contribution is 2.27. The predicted molar refractivity (Wildman–Crippen MR) is 51.7 cm³/mol. The Morgan fingerprint density at radius 1 is 1.50 bits per heavy atom. The molecule has 1 aliphatic rings. The van der Waals surface area contributed by atoms with E-state index in [1.807, 2.05) is 13.8 Å². The van der Waals surface area contributed by atoms with Crippen molar-refractivity contribution in [2.45, 2.75) is 26.2 Å². The van der Waals surface area contributed by atoms with Crippen molar-refractivity contribution in [2.24, 2.45) is 0 Å². The van der Waals surface area contributed by atoms with Crippen LogP contribution in [0.5, 0.6) is 0 Å². The Morgan fingerprint density at radius 2 is 2.29 bits per heavy atom. The molecule has 1 aromatic rings. The number of aryl methyl sites for hydroxylation is 2. The van der Waals surface area contributed by atoms with Crippen molar-refractivity contribution in [3.63, 3.8) is 0 Å². The van der Waals surface area contributed by atoms with E-state index in [1.165, 1.54) is 6.08 Å². The molecule has 0 saturated carbocycles. The van der Waals surface area contributed by atoms with Gasteiger partial charge in [0.1, 0.15) is 11.6 Å². The Labute approximate surface area is 82.1 Å². The smallest absolute Gasteiger partial charge is 0.201 e. The van der Waals surface area contributed by atoms with Gasteiger partial charge in [-0.1, -0.05) is 6.08 Å². The van der Waals surface area contributed by atoms with Crippen molar-refractivity contribution in [2.75, 3.05) is 0 Å². The van der Waals surface area contributed by atoms with Gasteiger partial charge in [0.05, 0.1) is 11.6 Å². The highest BCUT2D eigenvalue weighted by molar-refractivity contribution is 5.23. The van der Waals surface area contributed by atoms with E-state index in [1.54, 1.807) is 12.2 Å². The molecule has 1 aromatic heterocycles. The highest BCUT2D eigenvalue weighted by atomic mass is 19.1. The summed E-state index contributed by atoms with van der Waals surface area (Å²) in [6, 6.07) is 0. The van der Waals surface area contributed by atoms with Crippen LogP contribution in [0, 0.1) is 13.8 Å². The van der Waals surface area contributed by atoms with Crippen LogP contribution in [0.25, 0.3) is 0 Å². The second-order valence-corrected chi connectivity index (χ2v) is 3.48. The van der Waals surface area contributed by atoms with Crippen molar-refractivity contribution >= 4 is 0 Å². The van der Waals surface area contributed by atoms with Crippen molar-refractivity contribution < 1.29 is 8.81 Å². The fourth-order valence-corrected chi connectivity index (χ4v) is 1.43. The molecule has 0 radical (unpaired) electrons. The lowest BCUT2D eigenvalue weighted by Gasteiger charge is -2.08. The molecule has 0 fully saturated rings. The lowest BCUT2D eigenvalue weighted by atomic mass is 10.0. The third-order valence-electron chi connectivity index (χ3n) is 2.42. The second kappa shape index (κ2) is 3.40. The average molecular weight is 193 g/mol. The normalized spacial score (nSPS) is 21.1. The maximum atomic E-state index is 12.7. The average Bonchev–Trinajstić information content (AvgIpc) is 2.48. The molecule has 3 heteroatoms. The molecule has 0 bridgehead atoms. The van der Waals surface area contributed by atoms with Crippen LogP contribution in [0.3, 0.4) is 0 Å². The zero-order chi connectivity index (χ0) is 10.1. The number of nitrogens with zero attached hydrogens (tertiary/aromatic N) is 1. The van der Waals surface area contributed by atoms with Gasteiger partial charge >= 0.3 is 0 Å². The van der Waals surface area contributed by atoms with Crippen LogP contribution in [-0.4, -0.2) is 4.98 Å². The Morgan fingerprint density at radius 3 is 2.79 bits per heavy atom. The second-order valence-electron chi connectivity index (χ2n) is 3.48. The molecule has 2 rings (SSSR count). The van der Waals surface area contributed by atoms with Crippen LogP contribution in [-0.2, 0) is 0 Å². The fourth-order valence-electron chi connectivity index (χ4n) is 1.43. The minimum absolute atomic E-state index is 0.0851. The molecular formula is C11H12FNO. The summed E-state index contributed by atoms with van der Waals surface area (Å²) in [6.07, 6.45) is 5.43. The van der Waals surface area contributed by atoms with E-state index in [9.17, 15) is 4.39 Å². The van der Waals surface area contributed by atoms with Crippen LogP contribution < -0.4 is 0 Å².